The molecule has 0 aromatic heterocycles. The third kappa shape index (κ3) is 4.64. The van der Waals surface area contributed by atoms with Gasteiger partial charge >= 0.3 is 5.97 Å². The van der Waals surface area contributed by atoms with Gasteiger partial charge in [-0.3, -0.25) is 4.79 Å². The Kier molecular flexibility index (Phi) is 6.62. The number of ether oxygens (including phenoxy) is 2. The number of carboxylic acid groups (broad SMARTS) is 1. The van der Waals surface area contributed by atoms with Gasteiger partial charge in [0, 0.05) is 28.4 Å². The summed E-state index contributed by atoms with van der Waals surface area (Å²) in [6.07, 6.45) is 4.51. The summed E-state index contributed by atoms with van der Waals surface area (Å²) in [6, 6.07) is 23.1. The number of carbonyl (C=O) groups is 2. The predicted octanol–water partition coefficient (Wildman–Crippen LogP) is 5.22. The summed E-state index contributed by atoms with van der Waals surface area (Å²) in [6.45, 7) is 0.0451. The zero-order valence-electron chi connectivity index (χ0n) is 19.8. The smallest absolute Gasteiger partial charge is 0.341 e. The molecular formula is C29H28N2O5. The van der Waals surface area contributed by atoms with Crippen LogP contribution in [-0.2, 0) is 16.1 Å². The van der Waals surface area contributed by atoms with Crippen LogP contribution >= 0.6 is 0 Å². The number of nitrogens with zero attached hydrogens (tertiary/aromatic N) is 1. The highest BCUT2D eigenvalue weighted by molar-refractivity contribution is 5.83. The Labute approximate surface area is 209 Å². The van der Waals surface area contributed by atoms with E-state index in [1.165, 1.54) is 0 Å². The molecule has 1 amide bonds. The molecule has 0 spiro atoms. The van der Waals surface area contributed by atoms with Crippen molar-refractivity contribution in [2.45, 2.75) is 31.7 Å². The number of anilines is 1. The molecule has 7 heteroatoms. The number of hydrogen-bond acceptors (Lipinski definition) is 5. The van der Waals surface area contributed by atoms with Gasteiger partial charge < -0.3 is 25.2 Å². The molecule has 2 aliphatic rings. The van der Waals surface area contributed by atoms with Crippen molar-refractivity contribution in [1.29, 1.82) is 0 Å². The fourth-order valence-electron chi connectivity index (χ4n) is 5.20. The number of primary amides is 1. The second-order valence-electron chi connectivity index (χ2n) is 9.03. The first kappa shape index (κ1) is 23.5. The Hall–Kier alpha value is -4.26. The van der Waals surface area contributed by atoms with Crippen molar-refractivity contribution >= 4 is 17.6 Å². The first-order valence-corrected chi connectivity index (χ1v) is 12.1. The number of nitrogens with two attached hydrogens (primary N) is 1. The van der Waals surface area contributed by atoms with Crippen LogP contribution in [0.4, 0.5) is 5.69 Å². The van der Waals surface area contributed by atoms with Gasteiger partial charge in [-0.25, -0.2) is 4.79 Å². The Bertz CT molecular complexity index is 1300. The number of aliphatic carboxylic acids is 1. The van der Waals surface area contributed by atoms with E-state index in [2.05, 4.69) is 11.0 Å². The molecule has 2 atom stereocenters. The van der Waals surface area contributed by atoms with E-state index in [1.807, 2.05) is 66.7 Å². The van der Waals surface area contributed by atoms with Crippen LogP contribution in [0.15, 0.2) is 84.6 Å². The molecule has 0 saturated heterocycles. The molecule has 184 valence electrons. The number of benzene rings is 3. The normalized spacial score (nSPS) is 18.4. The number of carbonyl (C=O) groups excluding carboxylic acids is 1. The number of carboxylic acids is 1. The van der Waals surface area contributed by atoms with Gasteiger partial charge in [-0.1, -0.05) is 48.5 Å². The first-order valence-electron chi connectivity index (χ1n) is 12.1. The molecule has 1 aliphatic heterocycles. The standard InChI is InChI=1S/C29H28N2O5/c30-29(34)21-12-5-6-13-22-27(21)28-23(14-8-16-25(28)35-18-26(32)33)31(22)17-19-9-4-7-15-24(19)36-20-10-2-1-3-11-20/h1-4,7-11,13-16,21,27H,5-6,12,17-18H2,(H2,30,34)(H,32,33). The third-order valence-corrected chi connectivity index (χ3v) is 6.74. The average molecular weight is 485 g/mol. The maximum atomic E-state index is 12.6. The van der Waals surface area contributed by atoms with Crippen LogP contribution in [0.5, 0.6) is 17.2 Å². The van der Waals surface area contributed by atoms with Gasteiger partial charge in [-0.2, -0.15) is 0 Å². The highest BCUT2D eigenvalue weighted by Crippen LogP contribution is 2.54. The van der Waals surface area contributed by atoms with Crippen molar-refractivity contribution in [3.05, 3.63) is 95.7 Å². The lowest BCUT2D eigenvalue weighted by atomic mass is 9.83. The van der Waals surface area contributed by atoms with Gasteiger partial charge in [0.2, 0.25) is 5.91 Å². The van der Waals surface area contributed by atoms with Crippen LogP contribution in [0.2, 0.25) is 0 Å². The second-order valence-corrected chi connectivity index (χ2v) is 9.03. The van der Waals surface area contributed by atoms with Gasteiger partial charge in [-0.05, 0) is 49.6 Å². The third-order valence-electron chi connectivity index (χ3n) is 6.74. The summed E-state index contributed by atoms with van der Waals surface area (Å²) in [7, 11) is 0. The van der Waals surface area contributed by atoms with Gasteiger partial charge in [-0.15, -0.1) is 0 Å². The van der Waals surface area contributed by atoms with Crippen molar-refractivity contribution in [3.8, 4) is 17.2 Å². The van der Waals surface area contributed by atoms with Crippen LogP contribution in [0.1, 0.15) is 36.3 Å². The van der Waals surface area contributed by atoms with E-state index in [-0.39, 0.29) is 11.8 Å². The van der Waals surface area contributed by atoms with Crippen molar-refractivity contribution in [2.24, 2.45) is 11.7 Å². The van der Waals surface area contributed by atoms with Crippen molar-refractivity contribution in [2.75, 3.05) is 11.5 Å². The molecule has 0 fully saturated rings. The van der Waals surface area contributed by atoms with Crippen LogP contribution in [-0.4, -0.2) is 23.6 Å². The van der Waals surface area contributed by atoms with E-state index >= 15 is 0 Å². The Morgan fingerprint density at radius 1 is 0.972 bits per heavy atom. The molecule has 5 rings (SSSR count). The Morgan fingerprint density at radius 2 is 1.72 bits per heavy atom. The second kappa shape index (κ2) is 10.2. The maximum Gasteiger partial charge on any atom is 0.341 e. The number of allylic oxidation sites excluding steroid dienone is 2. The summed E-state index contributed by atoms with van der Waals surface area (Å²) in [5.41, 5.74) is 9.56. The van der Waals surface area contributed by atoms with E-state index in [0.717, 1.165) is 46.9 Å². The monoisotopic (exact) mass is 484 g/mol. The Morgan fingerprint density at radius 3 is 2.50 bits per heavy atom. The number of fused-ring (bicyclic) bond motifs is 3. The highest BCUT2D eigenvalue weighted by Gasteiger charge is 2.43. The van der Waals surface area contributed by atoms with Crippen LogP contribution in [0.3, 0.4) is 0 Å². The van der Waals surface area contributed by atoms with Gasteiger partial charge in [0.15, 0.2) is 6.61 Å². The maximum absolute atomic E-state index is 12.6. The number of rotatable bonds is 8. The molecule has 0 radical (unpaired) electrons. The van der Waals surface area contributed by atoms with Gasteiger partial charge in [0.25, 0.3) is 0 Å². The van der Waals surface area contributed by atoms with Crippen molar-refractivity contribution < 1.29 is 24.2 Å². The van der Waals surface area contributed by atoms with Crippen molar-refractivity contribution in [1.82, 2.24) is 0 Å². The number of hydrogen-bond donors (Lipinski definition) is 2. The highest BCUT2D eigenvalue weighted by atomic mass is 16.5. The fraction of sp³-hybridized carbons (Fsp3) is 0.241. The van der Waals surface area contributed by atoms with E-state index < -0.39 is 18.5 Å². The van der Waals surface area contributed by atoms with Gasteiger partial charge in [0.1, 0.15) is 17.2 Å². The average Bonchev–Trinajstić information content (AvgIpc) is 3.02. The molecule has 1 heterocycles. The molecule has 1 aliphatic carbocycles. The Balaban J connectivity index is 1.57. The minimum atomic E-state index is -1.06. The zero-order valence-corrected chi connectivity index (χ0v) is 19.8. The van der Waals surface area contributed by atoms with Crippen LogP contribution in [0.25, 0.3) is 0 Å². The lowest BCUT2D eigenvalue weighted by Gasteiger charge is -2.26. The number of amides is 1. The summed E-state index contributed by atoms with van der Waals surface area (Å²) in [5, 5.41) is 9.20. The van der Waals surface area contributed by atoms with Crippen LogP contribution in [0, 0.1) is 5.92 Å². The largest absolute Gasteiger partial charge is 0.482 e. The fourth-order valence-corrected chi connectivity index (χ4v) is 5.20. The van der Waals surface area contributed by atoms with Crippen molar-refractivity contribution in [3.63, 3.8) is 0 Å². The topological polar surface area (TPSA) is 102 Å². The van der Waals surface area contributed by atoms with E-state index in [0.29, 0.717) is 18.7 Å². The molecule has 3 N–H and O–H groups in total. The minimum absolute atomic E-state index is 0.299. The quantitative estimate of drug-likeness (QED) is 0.455. The SMILES string of the molecule is NC(=O)C1CCCC=C2C1c1c(OCC(=O)O)cccc1N2Cc1ccccc1Oc1ccccc1. The van der Waals surface area contributed by atoms with Crippen LogP contribution < -0.4 is 20.1 Å². The van der Waals surface area contributed by atoms with E-state index in [4.69, 9.17) is 15.2 Å². The minimum Gasteiger partial charge on any atom is -0.482 e. The molecular weight excluding hydrogens is 456 g/mol. The number of para-hydroxylation sites is 2. The molecule has 7 nitrogen and oxygen atoms in total. The molecule has 3 aromatic rings. The summed E-state index contributed by atoms with van der Waals surface area (Å²) in [4.78, 5) is 26.0. The summed E-state index contributed by atoms with van der Waals surface area (Å²) < 4.78 is 11.9. The predicted molar refractivity (Wildman–Crippen MR) is 136 cm³/mol. The summed E-state index contributed by atoms with van der Waals surface area (Å²) >= 11 is 0. The van der Waals surface area contributed by atoms with Gasteiger partial charge in [0.05, 0.1) is 12.5 Å². The zero-order chi connectivity index (χ0) is 25.1. The van der Waals surface area contributed by atoms with E-state index in [9.17, 15) is 14.7 Å². The molecule has 0 saturated carbocycles. The molecule has 2 unspecified atom stereocenters. The lowest BCUT2D eigenvalue weighted by Crippen LogP contribution is -2.30. The summed E-state index contributed by atoms with van der Waals surface area (Å²) in [5.74, 6) is -0.168. The first-order chi connectivity index (χ1) is 17.5. The molecule has 0 bridgehead atoms. The molecule has 3 aromatic carbocycles. The van der Waals surface area contributed by atoms with E-state index in [1.54, 1.807) is 6.07 Å². The molecule has 36 heavy (non-hydrogen) atoms. The lowest BCUT2D eigenvalue weighted by molar-refractivity contribution is -0.139.